The Kier molecular flexibility index (Phi) is 8.53. The molecule has 1 heterocycles. The standard InChI is InChI=1S/C10H19N3O3.ClH/c1-11-9(14)6-13-10(15)16-7-8-2-4-12-5-3-8;/h8,12H,2-7H2,1H3,(H,11,14)(H,13,15);1H. The lowest BCUT2D eigenvalue weighted by Gasteiger charge is -2.22. The number of likely N-dealkylation sites (N-methyl/N-ethyl adjacent to an activating group) is 1. The molecule has 0 spiro atoms. The van der Waals surface area contributed by atoms with Crippen molar-refractivity contribution in [3.05, 3.63) is 0 Å². The van der Waals surface area contributed by atoms with Crippen LogP contribution in [-0.2, 0) is 9.53 Å². The number of alkyl carbamates (subject to hydrolysis) is 1. The van der Waals surface area contributed by atoms with Gasteiger partial charge in [-0.25, -0.2) is 4.79 Å². The van der Waals surface area contributed by atoms with Gasteiger partial charge in [0.2, 0.25) is 5.91 Å². The van der Waals surface area contributed by atoms with Crippen LogP contribution in [0.4, 0.5) is 4.79 Å². The molecule has 0 bridgehead atoms. The third-order valence-corrected chi connectivity index (χ3v) is 2.58. The number of carbonyl (C=O) groups is 2. The van der Waals surface area contributed by atoms with E-state index >= 15 is 0 Å². The number of rotatable bonds is 4. The van der Waals surface area contributed by atoms with Crippen molar-refractivity contribution in [2.75, 3.05) is 33.3 Å². The Morgan fingerprint density at radius 1 is 1.35 bits per heavy atom. The molecule has 100 valence electrons. The van der Waals surface area contributed by atoms with Crippen molar-refractivity contribution < 1.29 is 14.3 Å². The van der Waals surface area contributed by atoms with E-state index in [1.54, 1.807) is 0 Å². The van der Waals surface area contributed by atoms with Gasteiger partial charge in [-0.1, -0.05) is 0 Å². The quantitative estimate of drug-likeness (QED) is 0.662. The Bertz CT molecular complexity index is 245. The smallest absolute Gasteiger partial charge is 0.407 e. The average molecular weight is 266 g/mol. The third kappa shape index (κ3) is 7.01. The Morgan fingerprint density at radius 2 is 2.00 bits per heavy atom. The van der Waals surface area contributed by atoms with Gasteiger partial charge >= 0.3 is 6.09 Å². The molecular formula is C10H20ClN3O3. The van der Waals surface area contributed by atoms with Crippen LogP contribution in [0.2, 0.25) is 0 Å². The van der Waals surface area contributed by atoms with Gasteiger partial charge in [-0.2, -0.15) is 0 Å². The lowest BCUT2D eigenvalue weighted by Crippen LogP contribution is -2.37. The fourth-order valence-corrected chi connectivity index (χ4v) is 1.53. The monoisotopic (exact) mass is 265 g/mol. The van der Waals surface area contributed by atoms with Crippen LogP contribution in [0.25, 0.3) is 0 Å². The number of hydrogen-bond acceptors (Lipinski definition) is 4. The lowest BCUT2D eigenvalue weighted by atomic mass is 9.99. The summed E-state index contributed by atoms with van der Waals surface area (Å²) in [6, 6.07) is 0. The molecule has 0 saturated carbocycles. The van der Waals surface area contributed by atoms with Crippen LogP contribution in [-0.4, -0.2) is 45.3 Å². The fourth-order valence-electron chi connectivity index (χ4n) is 1.53. The van der Waals surface area contributed by atoms with Gasteiger partial charge < -0.3 is 20.7 Å². The Labute approximate surface area is 107 Å². The molecule has 0 atom stereocenters. The third-order valence-electron chi connectivity index (χ3n) is 2.58. The summed E-state index contributed by atoms with van der Waals surface area (Å²) in [6.45, 7) is 2.35. The summed E-state index contributed by atoms with van der Waals surface area (Å²) in [4.78, 5) is 22.0. The summed E-state index contributed by atoms with van der Waals surface area (Å²) >= 11 is 0. The van der Waals surface area contributed by atoms with Gasteiger partial charge in [-0.05, 0) is 31.8 Å². The van der Waals surface area contributed by atoms with Crippen molar-refractivity contribution in [1.82, 2.24) is 16.0 Å². The number of halogens is 1. The minimum atomic E-state index is -0.526. The largest absolute Gasteiger partial charge is 0.449 e. The number of amides is 2. The van der Waals surface area contributed by atoms with Gasteiger partial charge in [0.25, 0.3) is 0 Å². The second-order valence-corrected chi connectivity index (χ2v) is 3.82. The molecule has 0 unspecified atom stereocenters. The molecule has 3 N–H and O–H groups in total. The van der Waals surface area contributed by atoms with Crippen molar-refractivity contribution in [1.29, 1.82) is 0 Å². The molecule has 7 heteroatoms. The summed E-state index contributed by atoms with van der Waals surface area (Å²) in [7, 11) is 1.52. The predicted molar refractivity (Wildman–Crippen MR) is 66.3 cm³/mol. The second-order valence-electron chi connectivity index (χ2n) is 3.82. The molecule has 0 aromatic carbocycles. The first-order valence-corrected chi connectivity index (χ1v) is 5.54. The van der Waals surface area contributed by atoms with Crippen molar-refractivity contribution in [2.24, 2.45) is 5.92 Å². The van der Waals surface area contributed by atoms with Gasteiger partial charge in [0.1, 0.15) is 0 Å². The first-order chi connectivity index (χ1) is 7.72. The molecule has 0 radical (unpaired) electrons. The highest BCUT2D eigenvalue weighted by molar-refractivity contribution is 5.85. The molecule has 1 aliphatic heterocycles. The highest BCUT2D eigenvalue weighted by atomic mass is 35.5. The maximum absolute atomic E-state index is 11.2. The predicted octanol–water partition coefficient (Wildman–Crippen LogP) is -0.120. The van der Waals surface area contributed by atoms with Crippen LogP contribution in [0.15, 0.2) is 0 Å². The van der Waals surface area contributed by atoms with Gasteiger partial charge in [-0.15, -0.1) is 12.4 Å². The van der Waals surface area contributed by atoms with E-state index in [2.05, 4.69) is 16.0 Å². The molecule has 1 fully saturated rings. The van der Waals surface area contributed by atoms with Crippen LogP contribution in [0, 0.1) is 5.92 Å². The molecule has 6 nitrogen and oxygen atoms in total. The van der Waals surface area contributed by atoms with E-state index in [4.69, 9.17) is 4.74 Å². The molecule has 2 amide bonds. The van der Waals surface area contributed by atoms with E-state index in [1.165, 1.54) is 7.05 Å². The van der Waals surface area contributed by atoms with E-state index < -0.39 is 6.09 Å². The van der Waals surface area contributed by atoms with Gasteiger partial charge in [0.05, 0.1) is 13.2 Å². The van der Waals surface area contributed by atoms with Crippen molar-refractivity contribution >= 4 is 24.4 Å². The van der Waals surface area contributed by atoms with E-state index in [0.717, 1.165) is 25.9 Å². The fraction of sp³-hybridized carbons (Fsp3) is 0.800. The molecule has 0 aromatic heterocycles. The normalized spacial score (nSPS) is 15.6. The van der Waals surface area contributed by atoms with Gasteiger partial charge in [-0.3, -0.25) is 4.79 Å². The SMILES string of the molecule is CNC(=O)CNC(=O)OCC1CCNCC1.Cl. The van der Waals surface area contributed by atoms with Crippen molar-refractivity contribution in [2.45, 2.75) is 12.8 Å². The van der Waals surface area contributed by atoms with Crippen LogP contribution in [0.1, 0.15) is 12.8 Å². The van der Waals surface area contributed by atoms with Gasteiger partial charge in [0.15, 0.2) is 0 Å². The summed E-state index contributed by atoms with van der Waals surface area (Å²) < 4.78 is 5.02. The Balaban J connectivity index is 0.00000256. The van der Waals surface area contributed by atoms with Crippen LogP contribution in [0.3, 0.4) is 0 Å². The van der Waals surface area contributed by atoms with Gasteiger partial charge in [0, 0.05) is 7.05 Å². The minimum Gasteiger partial charge on any atom is -0.449 e. The van der Waals surface area contributed by atoms with Crippen molar-refractivity contribution in [3.63, 3.8) is 0 Å². The molecule has 0 aromatic rings. The Morgan fingerprint density at radius 3 is 2.59 bits per heavy atom. The second kappa shape index (κ2) is 9.07. The zero-order valence-corrected chi connectivity index (χ0v) is 10.8. The molecule has 1 aliphatic rings. The number of hydrogen-bond donors (Lipinski definition) is 3. The van der Waals surface area contributed by atoms with Crippen LogP contribution >= 0.6 is 12.4 Å². The molecule has 0 aliphatic carbocycles. The lowest BCUT2D eigenvalue weighted by molar-refractivity contribution is -0.119. The molecule has 1 rings (SSSR count). The number of nitrogens with one attached hydrogen (secondary N) is 3. The maximum Gasteiger partial charge on any atom is 0.407 e. The van der Waals surface area contributed by atoms with Crippen LogP contribution < -0.4 is 16.0 Å². The summed E-state index contributed by atoms with van der Waals surface area (Å²) in [6.07, 6.45) is 1.54. The molecular weight excluding hydrogens is 246 g/mol. The number of carbonyl (C=O) groups excluding carboxylic acids is 2. The first-order valence-electron chi connectivity index (χ1n) is 5.54. The zero-order valence-electron chi connectivity index (χ0n) is 9.95. The highest BCUT2D eigenvalue weighted by Crippen LogP contribution is 2.11. The van der Waals surface area contributed by atoms with E-state index in [0.29, 0.717) is 12.5 Å². The summed E-state index contributed by atoms with van der Waals surface area (Å²) in [5.74, 6) is 0.200. The average Bonchev–Trinajstić information content (AvgIpc) is 2.34. The van der Waals surface area contributed by atoms with Crippen molar-refractivity contribution in [3.8, 4) is 0 Å². The van der Waals surface area contributed by atoms with E-state index in [-0.39, 0.29) is 24.9 Å². The maximum atomic E-state index is 11.2. The van der Waals surface area contributed by atoms with E-state index in [9.17, 15) is 9.59 Å². The topological polar surface area (TPSA) is 79.5 Å². The molecule has 17 heavy (non-hydrogen) atoms. The summed E-state index contributed by atoms with van der Waals surface area (Å²) in [5, 5.41) is 8.03. The van der Waals surface area contributed by atoms with E-state index in [1.807, 2.05) is 0 Å². The number of ether oxygens (including phenoxy) is 1. The molecule has 1 saturated heterocycles. The first kappa shape index (κ1) is 16.0. The number of piperidine rings is 1. The Hall–Kier alpha value is -1.01. The summed E-state index contributed by atoms with van der Waals surface area (Å²) in [5.41, 5.74) is 0. The highest BCUT2D eigenvalue weighted by Gasteiger charge is 2.15. The zero-order chi connectivity index (χ0) is 11.8. The van der Waals surface area contributed by atoms with Crippen LogP contribution in [0.5, 0.6) is 0 Å². The minimum absolute atomic E-state index is 0.